The fourth-order valence-electron chi connectivity index (χ4n) is 5.49. The average Bonchev–Trinajstić information content (AvgIpc) is 3.29. The van der Waals surface area contributed by atoms with Gasteiger partial charge in [0.2, 0.25) is 0 Å². The van der Waals surface area contributed by atoms with Crippen molar-refractivity contribution in [1.29, 1.82) is 0 Å². The summed E-state index contributed by atoms with van der Waals surface area (Å²) in [6.45, 7) is 4.84. The lowest BCUT2D eigenvalue weighted by Crippen LogP contribution is -2.37. The summed E-state index contributed by atoms with van der Waals surface area (Å²) in [5.74, 6) is 0.246. The van der Waals surface area contributed by atoms with Crippen molar-refractivity contribution in [2.45, 2.75) is 76.8 Å². The van der Waals surface area contributed by atoms with E-state index in [1.807, 2.05) is 18.2 Å². The molecule has 1 aromatic heterocycles. The van der Waals surface area contributed by atoms with Crippen LogP contribution in [0.25, 0.3) is 0 Å². The van der Waals surface area contributed by atoms with Crippen LogP contribution in [0, 0.1) is 0 Å². The second-order valence-corrected chi connectivity index (χ2v) is 9.77. The van der Waals surface area contributed by atoms with E-state index in [4.69, 9.17) is 4.98 Å². The highest BCUT2D eigenvalue weighted by Crippen LogP contribution is 2.28. The largest absolute Gasteiger partial charge is 0.302 e. The molecule has 0 spiro atoms. The van der Waals surface area contributed by atoms with E-state index in [-0.39, 0.29) is 11.8 Å². The van der Waals surface area contributed by atoms with Gasteiger partial charge in [0.1, 0.15) is 0 Å². The summed E-state index contributed by atoms with van der Waals surface area (Å²) in [6, 6.07) is 15.3. The minimum Gasteiger partial charge on any atom is -0.302 e. The van der Waals surface area contributed by atoms with Crippen molar-refractivity contribution in [2.24, 2.45) is 0 Å². The maximum absolute atomic E-state index is 12.4. The first-order chi connectivity index (χ1) is 15.6. The highest BCUT2D eigenvalue weighted by molar-refractivity contribution is 5.83. The summed E-state index contributed by atoms with van der Waals surface area (Å²) >= 11 is 0. The SMILES string of the molecule is CC(=O)[C@@H](c1ccccc1)N1CC[C@@H](N(C)CCCCCc2ccc3c(n2)CCCC3)C1. The summed E-state index contributed by atoms with van der Waals surface area (Å²) in [5, 5.41) is 0. The molecule has 1 fully saturated rings. The molecule has 1 aliphatic heterocycles. The molecule has 0 unspecified atom stereocenters. The lowest BCUT2D eigenvalue weighted by molar-refractivity contribution is -0.122. The van der Waals surface area contributed by atoms with Crippen molar-refractivity contribution in [3.8, 4) is 0 Å². The Labute approximate surface area is 194 Å². The van der Waals surface area contributed by atoms with Crippen molar-refractivity contribution < 1.29 is 4.79 Å². The third-order valence-electron chi connectivity index (χ3n) is 7.36. The first kappa shape index (κ1) is 23.1. The molecule has 32 heavy (non-hydrogen) atoms. The zero-order valence-electron chi connectivity index (χ0n) is 19.9. The third-order valence-corrected chi connectivity index (χ3v) is 7.36. The molecule has 2 aliphatic rings. The van der Waals surface area contributed by atoms with Crippen molar-refractivity contribution in [1.82, 2.24) is 14.8 Å². The highest BCUT2D eigenvalue weighted by atomic mass is 16.1. The first-order valence-corrected chi connectivity index (χ1v) is 12.6. The number of nitrogens with zero attached hydrogens (tertiary/aromatic N) is 3. The Bertz CT molecular complexity index is 882. The molecule has 1 aliphatic carbocycles. The van der Waals surface area contributed by atoms with Crippen LogP contribution >= 0.6 is 0 Å². The lowest BCUT2D eigenvalue weighted by Gasteiger charge is -2.28. The Morgan fingerprint density at radius 1 is 1.09 bits per heavy atom. The fraction of sp³-hybridized carbons (Fsp3) is 0.571. The number of pyridine rings is 1. The molecule has 0 amide bonds. The predicted molar refractivity (Wildman–Crippen MR) is 131 cm³/mol. The van der Waals surface area contributed by atoms with Gasteiger partial charge in [0, 0.05) is 30.5 Å². The van der Waals surface area contributed by atoms with E-state index in [1.165, 1.54) is 61.9 Å². The molecule has 0 bridgehead atoms. The zero-order chi connectivity index (χ0) is 22.3. The number of carbonyl (C=O) groups excluding carboxylic acids is 1. The second-order valence-electron chi connectivity index (χ2n) is 9.77. The van der Waals surface area contributed by atoms with Crippen LogP contribution in [-0.2, 0) is 24.1 Å². The summed E-state index contributed by atoms with van der Waals surface area (Å²) in [7, 11) is 2.25. The molecule has 1 saturated heterocycles. The number of hydrogen-bond acceptors (Lipinski definition) is 4. The van der Waals surface area contributed by atoms with E-state index in [0.717, 1.165) is 38.0 Å². The van der Waals surface area contributed by atoms with Crippen molar-refractivity contribution in [3.05, 3.63) is 65.0 Å². The number of carbonyl (C=O) groups is 1. The predicted octanol–water partition coefficient (Wildman–Crippen LogP) is 5.01. The number of ketones is 1. The van der Waals surface area contributed by atoms with E-state index in [9.17, 15) is 4.79 Å². The topological polar surface area (TPSA) is 36.4 Å². The fourth-order valence-corrected chi connectivity index (χ4v) is 5.49. The molecule has 4 heteroatoms. The average molecular weight is 434 g/mol. The van der Waals surface area contributed by atoms with Crippen molar-refractivity contribution in [3.63, 3.8) is 0 Å². The van der Waals surface area contributed by atoms with Gasteiger partial charge in [-0.1, -0.05) is 42.8 Å². The molecule has 2 aromatic rings. The van der Waals surface area contributed by atoms with Gasteiger partial charge in [-0.2, -0.15) is 0 Å². The van der Waals surface area contributed by atoms with Crippen molar-refractivity contribution >= 4 is 5.78 Å². The number of aromatic nitrogens is 1. The minimum absolute atomic E-state index is 0.0984. The van der Waals surface area contributed by atoms with Crippen LogP contribution in [0.1, 0.15) is 74.0 Å². The number of Topliss-reactive ketones (excluding diaryl/α,β-unsaturated/α-hetero) is 1. The Morgan fingerprint density at radius 3 is 2.72 bits per heavy atom. The van der Waals surface area contributed by atoms with Gasteiger partial charge < -0.3 is 4.90 Å². The van der Waals surface area contributed by atoms with Gasteiger partial charge in [0.05, 0.1) is 6.04 Å². The molecule has 4 nitrogen and oxygen atoms in total. The van der Waals surface area contributed by atoms with Crippen molar-refractivity contribution in [2.75, 3.05) is 26.7 Å². The van der Waals surface area contributed by atoms with Gasteiger partial charge in [-0.05, 0) is 89.1 Å². The van der Waals surface area contributed by atoms with Crippen LogP contribution in [0.4, 0.5) is 0 Å². The van der Waals surface area contributed by atoms with Gasteiger partial charge in [-0.25, -0.2) is 0 Å². The number of rotatable bonds is 10. The van der Waals surface area contributed by atoms with Gasteiger partial charge in [0.25, 0.3) is 0 Å². The van der Waals surface area contributed by atoms with Crippen LogP contribution in [0.5, 0.6) is 0 Å². The number of aryl methyl sites for hydroxylation is 3. The van der Waals surface area contributed by atoms with Crippen LogP contribution in [0.3, 0.4) is 0 Å². The standard InChI is InChI=1S/C28H39N3O/c1-22(32)28(24-12-5-3-6-13-24)31-20-18-26(21-31)30(2)19-10-4-7-14-25-17-16-23-11-8-9-15-27(23)29-25/h3,5-6,12-13,16-17,26,28H,4,7-11,14-15,18-21H2,1-2H3/t26-,28+/m1/s1. The number of benzene rings is 1. The van der Waals surface area contributed by atoms with E-state index >= 15 is 0 Å². The molecule has 2 atom stereocenters. The molecular formula is C28H39N3O. The smallest absolute Gasteiger partial charge is 0.151 e. The molecule has 0 N–H and O–H groups in total. The monoisotopic (exact) mass is 433 g/mol. The van der Waals surface area contributed by atoms with E-state index in [1.54, 1.807) is 6.92 Å². The number of likely N-dealkylation sites (tertiary alicyclic amines) is 1. The van der Waals surface area contributed by atoms with E-state index in [0.29, 0.717) is 6.04 Å². The summed E-state index contributed by atoms with van der Waals surface area (Å²) in [6.07, 6.45) is 10.9. The Kier molecular flexibility index (Phi) is 8.10. The maximum atomic E-state index is 12.4. The summed E-state index contributed by atoms with van der Waals surface area (Å²) in [4.78, 5) is 22.2. The van der Waals surface area contributed by atoms with Gasteiger partial charge in [-0.3, -0.25) is 14.7 Å². The minimum atomic E-state index is -0.0984. The number of likely N-dealkylation sites (N-methyl/N-ethyl adjacent to an activating group) is 1. The summed E-state index contributed by atoms with van der Waals surface area (Å²) in [5.41, 5.74) is 5.24. The zero-order valence-corrected chi connectivity index (χ0v) is 19.9. The molecule has 0 radical (unpaired) electrons. The molecule has 2 heterocycles. The normalized spacial score (nSPS) is 19.8. The van der Waals surface area contributed by atoms with Gasteiger partial charge in [-0.15, -0.1) is 0 Å². The van der Waals surface area contributed by atoms with E-state index < -0.39 is 0 Å². The third kappa shape index (κ3) is 5.85. The maximum Gasteiger partial charge on any atom is 0.151 e. The molecule has 4 rings (SSSR count). The molecule has 172 valence electrons. The molecular weight excluding hydrogens is 394 g/mol. The van der Waals surface area contributed by atoms with Crippen LogP contribution < -0.4 is 0 Å². The lowest BCUT2D eigenvalue weighted by atomic mass is 9.95. The Morgan fingerprint density at radius 2 is 1.91 bits per heavy atom. The molecule has 1 aromatic carbocycles. The van der Waals surface area contributed by atoms with Crippen LogP contribution in [0.15, 0.2) is 42.5 Å². The van der Waals surface area contributed by atoms with Crippen LogP contribution in [0.2, 0.25) is 0 Å². The Hall–Kier alpha value is -2.04. The first-order valence-electron chi connectivity index (χ1n) is 12.6. The van der Waals surface area contributed by atoms with E-state index in [2.05, 4.69) is 41.1 Å². The van der Waals surface area contributed by atoms with Crippen LogP contribution in [-0.4, -0.2) is 53.3 Å². The number of hydrogen-bond donors (Lipinski definition) is 0. The summed E-state index contributed by atoms with van der Waals surface area (Å²) < 4.78 is 0. The number of unbranched alkanes of at least 4 members (excludes halogenated alkanes) is 2. The van der Waals surface area contributed by atoms with Gasteiger partial charge >= 0.3 is 0 Å². The molecule has 0 saturated carbocycles. The quantitative estimate of drug-likeness (QED) is 0.494. The number of fused-ring (bicyclic) bond motifs is 1. The van der Waals surface area contributed by atoms with Gasteiger partial charge in [0.15, 0.2) is 5.78 Å². The Balaban J connectivity index is 1.19. The highest BCUT2D eigenvalue weighted by Gasteiger charge is 2.33. The second kappa shape index (κ2) is 11.2.